The van der Waals surface area contributed by atoms with Gasteiger partial charge < -0.3 is 0 Å². The fourth-order valence-corrected chi connectivity index (χ4v) is 4.44. The van der Waals surface area contributed by atoms with E-state index in [0.717, 1.165) is 14.5 Å². The molecule has 0 aliphatic rings. The van der Waals surface area contributed by atoms with Crippen LogP contribution in [0.2, 0.25) is 12.6 Å². The highest BCUT2D eigenvalue weighted by Gasteiger charge is 2.02. The molecule has 0 spiro atoms. The second-order valence-electron chi connectivity index (χ2n) is 2.50. The van der Waals surface area contributed by atoms with E-state index in [-0.39, 0.29) is 8.31 Å². The Morgan fingerprint density at radius 1 is 1.62 bits per heavy atom. The molecule has 0 bridgehead atoms. The minimum atomic E-state index is 0.0129. The molecule has 8 heavy (non-hydrogen) atoms. The molecule has 0 rings (SSSR count). The largest absolute Gasteiger partial charge is 0.0737 e. The summed E-state index contributed by atoms with van der Waals surface area (Å²) < 4.78 is 0. The molecular weight excluding hydrogens is 144 g/mol. The Balaban J connectivity index is 3.10. The molecule has 6 radical (unpaired) electrons. The van der Waals surface area contributed by atoms with Gasteiger partial charge in [0.25, 0.3) is 0 Å². The van der Waals surface area contributed by atoms with Crippen LogP contribution in [0.1, 0.15) is 13.8 Å². The third kappa shape index (κ3) is 4.80. The summed E-state index contributed by atoms with van der Waals surface area (Å²) in [5, 5.41) is 0. The second kappa shape index (κ2) is 4.52. The van der Waals surface area contributed by atoms with Crippen LogP contribution in [0.4, 0.5) is 0 Å². The first-order valence-corrected chi connectivity index (χ1v) is 8.62. The lowest BCUT2D eigenvalue weighted by Crippen LogP contribution is -2.19. The van der Waals surface area contributed by atoms with E-state index in [9.17, 15) is 0 Å². The number of hydrogen-bond donors (Lipinski definition) is 0. The molecule has 0 aromatic carbocycles. The summed E-state index contributed by atoms with van der Waals surface area (Å²) in [6, 6.07) is 1.45. The van der Waals surface area contributed by atoms with Crippen LogP contribution in [-0.4, -0.2) is 26.6 Å². The van der Waals surface area contributed by atoms with Crippen LogP contribution >= 0.6 is 0 Å². The highest BCUT2D eigenvalue weighted by atomic mass is 29.5. The fourth-order valence-electron chi connectivity index (χ4n) is 0.663. The van der Waals surface area contributed by atoms with Crippen LogP contribution in [0.3, 0.4) is 0 Å². The Morgan fingerprint density at radius 2 is 2.12 bits per heavy atom. The first-order valence-electron chi connectivity index (χ1n) is 2.92. The predicted molar refractivity (Wildman–Crippen MR) is 42.8 cm³/mol. The Hall–Kier alpha value is 0.651. The van der Waals surface area contributed by atoms with Crippen molar-refractivity contribution in [2.75, 3.05) is 0 Å². The average Bonchev–Trinajstić information content (AvgIpc) is 1.65. The van der Waals surface area contributed by atoms with Crippen molar-refractivity contribution in [3.8, 4) is 0 Å². The van der Waals surface area contributed by atoms with Crippen LogP contribution < -0.4 is 0 Å². The highest BCUT2D eigenvalue weighted by Crippen LogP contribution is 2.02. The summed E-state index contributed by atoms with van der Waals surface area (Å²) >= 11 is 0. The summed E-state index contributed by atoms with van der Waals surface area (Å²) in [5.74, 6) is 0.901. The molecule has 0 N–H and O–H groups in total. The van der Waals surface area contributed by atoms with Crippen LogP contribution in [0, 0.1) is 5.92 Å². The summed E-state index contributed by atoms with van der Waals surface area (Å²) in [6.45, 7) is 6.97. The third-order valence-corrected chi connectivity index (χ3v) is 8.52. The summed E-state index contributed by atoms with van der Waals surface area (Å²) in [5.41, 5.74) is 0. The topological polar surface area (TPSA) is 0 Å². The minimum absolute atomic E-state index is 0.0129. The van der Waals surface area contributed by atoms with Crippen molar-refractivity contribution in [1.29, 1.82) is 0 Å². The molecule has 0 nitrogen and oxygen atoms in total. The van der Waals surface area contributed by atoms with Crippen molar-refractivity contribution in [1.82, 2.24) is 0 Å². The van der Waals surface area contributed by atoms with Crippen LogP contribution in [0.5, 0.6) is 0 Å². The van der Waals surface area contributed by atoms with Gasteiger partial charge >= 0.3 is 0 Å². The number of rotatable bonds is 3. The molecule has 0 saturated heterocycles. The summed E-state index contributed by atoms with van der Waals surface area (Å²) in [4.78, 5) is 0. The summed E-state index contributed by atoms with van der Waals surface area (Å²) in [6.07, 6.45) is 0. The van der Waals surface area contributed by atoms with Crippen molar-refractivity contribution in [2.24, 2.45) is 5.92 Å². The van der Waals surface area contributed by atoms with E-state index in [1.165, 1.54) is 6.04 Å². The van der Waals surface area contributed by atoms with Crippen LogP contribution in [0.15, 0.2) is 0 Å². The van der Waals surface area contributed by atoms with E-state index < -0.39 is 0 Å². The van der Waals surface area contributed by atoms with Gasteiger partial charge in [0, 0.05) is 26.6 Å². The normalized spacial score (nSPS) is 11.2. The van der Waals surface area contributed by atoms with Crippen molar-refractivity contribution in [3.63, 3.8) is 0 Å². The van der Waals surface area contributed by atoms with Gasteiger partial charge in [0.05, 0.1) is 0 Å². The molecule has 0 aromatic rings. The van der Waals surface area contributed by atoms with Gasteiger partial charge in [0.1, 0.15) is 0 Å². The first-order chi connectivity index (χ1) is 3.66. The molecular formula is C5H12Si3. The van der Waals surface area contributed by atoms with Gasteiger partial charge in [0.15, 0.2) is 0 Å². The van der Waals surface area contributed by atoms with Gasteiger partial charge in [-0.3, -0.25) is 0 Å². The van der Waals surface area contributed by atoms with Gasteiger partial charge in [-0.2, -0.15) is 0 Å². The molecule has 0 amide bonds. The van der Waals surface area contributed by atoms with E-state index in [0.29, 0.717) is 0 Å². The molecule has 0 unspecified atom stereocenters. The monoisotopic (exact) mass is 156 g/mol. The SMILES string of the molecule is CC(C)C[Si](C)[Si][Si]. The lowest BCUT2D eigenvalue weighted by Gasteiger charge is -2.07. The van der Waals surface area contributed by atoms with E-state index in [2.05, 4.69) is 30.2 Å². The quantitative estimate of drug-likeness (QED) is 0.536. The van der Waals surface area contributed by atoms with Gasteiger partial charge in [-0.15, -0.1) is 0 Å². The average molecular weight is 156 g/mol. The molecule has 0 saturated carbocycles. The standard InChI is InChI=1S/C5H12Si3/c1-5(2)4-8(3)7-6/h5H,4H2,1-3H3. The Bertz CT molecular complexity index is 53.6. The predicted octanol–water partition coefficient (Wildman–Crippen LogP) is 1.05. The zero-order valence-electron chi connectivity index (χ0n) is 5.78. The molecule has 0 fully saturated rings. The molecule has 0 aromatic heterocycles. The van der Waals surface area contributed by atoms with Crippen molar-refractivity contribution >= 4 is 26.6 Å². The lowest BCUT2D eigenvalue weighted by atomic mass is 10.3. The van der Waals surface area contributed by atoms with E-state index in [1.54, 1.807) is 0 Å². The van der Waals surface area contributed by atoms with Gasteiger partial charge in [0.2, 0.25) is 0 Å². The maximum Gasteiger partial charge on any atom is 0.0273 e. The molecule has 0 heterocycles. The van der Waals surface area contributed by atoms with E-state index >= 15 is 0 Å². The van der Waals surface area contributed by atoms with Crippen molar-refractivity contribution < 1.29 is 0 Å². The zero-order valence-corrected chi connectivity index (χ0v) is 8.78. The van der Waals surface area contributed by atoms with Crippen molar-refractivity contribution in [3.05, 3.63) is 0 Å². The minimum Gasteiger partial charge on any atom is -0.0737 e. The Morgan fingerprint density at radius 3 is 2.25 bits per heavy atom. The molecule has 3 heteroatoms. The van der Waals surface area contributed by atoms with Gasteiger partial charge in [-0.05, 0) is 5.92 Å². The van der Waals surface area contributed by atoms with Gasteiger partial charge in [-0.25, -0.2) is 0 Å². The van der Waals surface area contributed by atoms with Crippen molar-refractivity contribution in [2.45, 2.75) is 26.4 Å². The number of hydrogen-bond acceptors (Lipinski definition) is 0. The maximum absolute atomic E-state index is 3.56. The summed E-state index contributed by atoms with van der Waals surface area (Å²) in [7, 11) is 4.60. The maximum atomic E-state index is 3.56. The first kappa shape index (κ1) is 8.65. The van der Waals surface area contributed by atoms with Crippen LogP contribution in [-0.2, 0) is 0 Å². The van der Waals surface area contributed by atoms with E-state index in [1.807, 2.05) is 0 Å². The Kier molecular flexibility index (Phi) is 4.89. The Labute approximate surface area is 59.5 Å². The smallest absolute Gasteiger partial charge is 0.0273 e. The molecule has 44 valence electrons. The molecule has 0 atom stereocenters. The van der Waals surface area contributed by atoms with E-state index in [4.69, 9.17) is 0 Å². The van der Waals surface area contributed by atoms with Crippen LogP contribution in [0.25, 0.3) is 0 Å². The van der Waals surface area contributed by atoms with Gasteiger partial charge in [-0.1, -0.05) is 26.4 Å². The third-order valence-electron chi connectivity index (χ3n) is 0.928. The highest BCUT2D eigenvalue weighted by molar-refractivity contribution is 7.31. The lowest BCUT2D eigenvalue weighted by molar-refractivity contribution is 0.730. The molecule has 0 aliphatic heterocycles. The fraction of sp³-hybridized carbons (Fsp3) is 1.00. The zero-order chi connectivity index (χ0) is 6.57. The second-order valence-corrected chi connectivity index (χ2v) is 10.3. The molecule has 0 aliphatic carbocycles.